The largest absolute Gasteiger partial charge is 0.497 e. The van der Waals surface area contributed by atoms with Gasteiger partial charge in [-0.15, -0.1) is 0 Å². The summed E-state index contributed by atoms with van der Waals surface area (Å²) < 4.78 is 10.3. The fourth-order valence-electron chi connectivity index (χ4n) is 4.41. The lowest BCUT2D eigenvalue weighted by molar-refractivity contribution is -0.123. The van der Waals surface area contributed by atoms with Crippen LogP contribution in [0.2, 0.25) is 0 Å². The topological polar surface area (TPSA) is 88.1 Å². The SMILES string of the molecule is COCCc1ccc([C@@H](O)[C@@H](CN2CCCC2)NC(=O)CCCC(=O)c2ccc(OC)cc2)cc1. The number of Topliss-reactive ketones (excluding diaryl/α,β-unsaturated/α-hetero) is 1. The number of likely N-dealkylation sites (tertiary alicyclic amines) is 1. The average Bonchev–Trinajstić information content (AvgIpc) is 3.40. The van der Waals surface area contributed by atoms with E-state index in [2.05, 4.69) is 10.2 Å². The molecule has 0 bridgehead atoms. The molecule has 7 heteroatoms. The van der Waals surface area contributed by atoms with E-state index in [-0.39, 0.29) is 18.1 Å². The van der Waals surface area contributed by atoms with E-state index in [1.54, 1.807) is 38.5 Å². The minimum absolute atomic E-state index is 0.00247. The molecule has 0 spiro atoms. The highest BCUT2D eigenvalue weighted by molar-refractivity contribution is 5.96. The Morgan fingerprint density at radius 3 is 2.31 bits per heavy atom. The molecule has 3 rings (SSSR count). The van der Waals surface area contributed by atoms with Crippen molar-refractivity contribution in [3.8, 4) is 5.75 Å². The summed E-state index contributed by atoms with van der Waals surface area (Å²) in [5.74, 6) is 0.559. The Morgan fingerprint density at radius 1 is 1.00 bits per heavy atom. The van der Waals surface area contributed by atoms with Gasteiger partial charge in [0.25, 0.3) is 0 Å². The smallest absolute Gasteiger partial charge is 0.220 e. The van der Waals surface area contributed by atoms with Crippen molar-refractivity contribution in [1.29, 1.82) is 0 Å². The highest BCUT2D eigenvalue weighted by atomic mass is 16.5. The zero-order valence-corrected chi connectivity index (χ0v) is 20.9. The van der Waals surface area contributed by atoms with Crippen molar-refractivity contribution >= 4 is 11.7 Å². The van der Waals surface area contributed by atoms with E-state index in [1.165, 1.54) is 0 Å². The normalized spacial score (nSPS) is 15.5. The van der Waals surface area contributed by atoms with Gasteiger partial charge in [-0.25, -0.2) is 0 Å². The molecule has 0 unspecified atom stereocenters. The van der Waals surface area contributed by atoms with E-state index in [0.717, 1.165) is 43.5 Å². The molecule has 1 heterocycles. The van der Waals surface area contributed by atoms with Gasteiger partial charge >= 0.3 is 0 Å². The summed E-state index contributed by atoms with van der Waals surface area (Å²) >= 11 is 0. The molecule has 1 amide bonds. The number of carbonyl (C=O) groups excluding carboxylic acids is 2. The number of nitrogens with one attached hydrogen (secondary N) is 1. The molecule has 1 aliphatic heterocycles. The number of aliphatic hydroxyl groups is 1. The number of hydrogen-bond donors (Lipinski definition) is 2. The third-order valence-corrected chi connectivity index (χ3v) is 6.52. The standard InChI is InChI=1S/C28H38N2O5/c1-34-19-16-21-8-10-23(11-9-21)28(33)25(20-30-17-3-4-18-30)29-27(32)7-5-6-26(31)22-12-14-24(35-2)15-13-22/h8-15,25,28,33H,3-7,16-20H2,1-2H3,(H,29,32)/t25-,28-/m1/s1. The number of rotatable bonds is 14. The van der Waals surface area contributed by atoms with Crippen LogP contribution in [0, 0.1) is 0 Å². The number of ketones is 1. The van der Waals surface area contributed by atoms with Gasteiger partial charge < -0.3 is 24.8 Å². The van der Waals surface area contributed by atoms with Crippen LogP contribution in [0.15, 0.2) is 48.5 Å². The Morgan fingerprint density at radius 2 is 1.69 bits per heavy atom. The van der Waals surface area contributed by atoms with Crippen molar-refractivity contribution < 1.29 is 24.2 Å². The van der Waals surface area contributed by atoms with Gasteiger partial charge in [-0.1, -0.05) is 24.3 Å². The number of aliphatic hydroxyl groups excluding tert-OH is 1. The maximum Gasteiger partial charge on any atom is 0.220 e. The summed E-state index contributed by atoms with van der Waals surface area (Å²) in [4.78, 5) is 27.5. The van der Waals surface area contributed by atoms with Crippen LogP contribution in [0.25, 0.3) is 0 Å². The third-order valence-electron chi connectivity index (χ3n) is 6.52. The summed E-state index contributed by atoms with van der Waals surface area (Å²) in [5.41, 5.74) is 2.54. The van der Waals surface area contributed by atoms with E-state index in [4.69, 9.17) is 9.47 Å². The summed E-state index contributed by atoms with van der Waals surface area (Å²) in [6.45, 7) is 3.20. The fraction of sp³-hybridized carbons (Fsp3) is 0.500. The van der Waals surface area contributed by atoms with E-state index in [0.29, 0.717) is 37.3 Å². The average molecular weight is 483 g/mol. The van der Waals surface area contributed by atoms with E-state index >= 15 is 0 Å². The maximum atomic E-state index is 12.8. The highest BCUT2D eigenvalue weighted by Gasteiger charge is 2.26. The Bertz CT molecular complexity index is 923. The van der Waals surface area contributed by atoms with Crippen LogP contribution < -0.4 is 10.1 Å². The molecular weight excluding hydrogens is 444 g/mol. The molecule has 1 aliphatic rings. The number of amides is 1. The van der Waals surface area contributed by atoms with E-state index in [9.17, 15) is 14.7 Å². The van der Waals surface area contributed by atoms with Gasteiger partial charge in [0.2, 0.25) is 5.91 Å². The van der Waals surface area contributed by atoms with Crippen LogP contribution in [-0.4, -0.2) is 68.2 Å². The zero-order valence-electron chi connectivity index (χ0n) is 20.9. The molecule has 2 aromatic rings. The molecule has 0 saturated carbocycles. The Balaban J connectivity index is 1.55. The van der Waals surface area contributed by atoms with Gasteiger partial charge in [0, 0.05) is 32.1 Å². The second-order valence-electron chi connectivity index (χ2n) is 9.12. The lowest BCUT2D eigenvalue weighted by Crippen LogP contribution is -2.46. The predicted octanol–water partition coefficient (Wildman–Crippen LogP) is 3.55. The van der Waals surface area contributed by atoms with Crippen LogP contribution in [-0.2, 0) is 16.0 Å². The summed E-state index contributed by atoms with van der Waals surface area (Å²) in [5, 5.41) is 14.2. The monoisotopic (exact) mass is 482 g/mol. The third kappa shape index (κ3) is 8.46. The minimum Gasteiger partial charge on any atom is -0.497 e. The number of methoxy groups -OCH3 is 2. The molecule has 0 aromatic heterocycles. The first kappa shape index (κ1) is 26.9. The molecule has 0 aliphatic carbocycles. The molecule has 35 heavy (non-hydrogen) atoms. The number of ether oxygens (including phenoxy) is 2. The number of carbonyl (C=O) groups is 2. The van der Waals surface area contributed by atoms with Crippen molar-refractivity contribution in [2.24, 2.45) is 0 Å². The van der Waals surface area contributed by atoms with Crippen LogP contribution in [0.1, 0.15) is 59.7 Å². The lowest BCUT2D eigenvalue weighted by Gasteiger charge is -2.29. The lowest BCUT2D eigenvalue weighted by atomic mass is 9.99. The van der Waals surface area contributed by atoms with Gasteiger partial charge in [-0.05, 0) is 74.2 Å². The number of hydrogen-bond acceptors (Lipinski definition) is 6. The molecule has 2 aromatic carbocycles. The van der Waals surface area contributed by atoms with Gasteiger partial charge in [-0.2, -0.15) is 0 Å². The first-order chi connectivity index (χ1) is 17.0. The van der Waals surface area contributed by atoms with Crippen molar-refractivity contribution in [1.82, 2.24) is 10.2 Å². The zero-order chi connectivity index (χ0) is 25.0. The van der Waals surface area contributed by atoms with Crippen LogP contribution in [0.5, 0.6) is 5.75 Å². The van der Waals surface area contributed by atoms with E-state index < -0.39 is 12.1 Å². The molecule has 2 atom stereocenters. The summed E-state index contributed by atoms with van der Waals surface area (Å²) in [6.07, 6.45) is 3.27. The van der Waals surface area contributed by atoms with Gasteiger partial charge in [0.1, 0.15) is 11.9 Å². The summed E-state index contributed by atoms with van der Waals surface area (Å²) in [7, 11) is 3.26. The molecule has 2 N–H and O–H groups in total. The van der Waals surface area contributed by atoms with Crippen molar-refractivity contribution in [2.75, 3.05) is 40.5 Å². The summed E-state index contributed by atoms with van der Waals surface area (Å²) in [6, 6.07) is 14.4. The molecular formula is C28H38N2O5. The first-order valence-electron chi connectivity index (χ1n) is 12.4. The van der Waals surface area contributed by atoms with Gasteiger partial charge in [0.05, 0.1) is 19.8 Å². The molecule has 7 nitrogen and oxygen atoms in total. The van der Waals surface area contributed by atoms with Crippen LogP contribution in [0.4, 0.5) is 0 Å². The Kier molecular flexibility index (Phi) is 10.7. The van der Waals surface area contributed by atoms with E-state index in [1.807, 2.05) is 24.3 Å². The predicted molar refractivity (Wildman–Crippen MR) is 136 cm³/mol. The van der Waals surface area contributed by atoms with Gasteiger partial charge in [0.15, 0.2) is 5.78 Å². The Labute approximate surface area is 208 Å². The fourth-order valence-corrected chi connectivity index (χ4v) is 4.41. The quantitative estimate of drug-likeness (QED) is 0.401. The first-order valence-corrected chi connectivity index (χ1v) is 12.4. The number of benzene rings is 2. The van der Waals surface area contributed by atoms with Crippen LogP contribution >= 0.6 is 0 Å². The van der Waals surface area contributed by atoms with Gasteiger partial charge in [-0.3, -0.25) is 9.59 Å². The molecule has 0 radical (unpaired) electrons. The second-order valence-corrected chi connectivity index (χ2v) is 9.12. The number of nitrogens with zero attached hydrogens (tertiary/aromatic N) is 1. The van der Waals surface area contributed by atoms with Crippen molar-refractivity contribution in [2.45, 2.75) is 50.7 Å². The minimum atomic E-state index is -0.808. The Hall–Kier alpha value is -2.74. The highest BCUT2D eigenvalue weighted by Crippen LogP contribution is 2.21. The second kappa shape index (κ2) is 14.0. The molecule has 190 valence electrons. The van der Waals surface area contributed by atoms with Crippen molar-refractivity contribution in [3.05, 3.63) is 65.2 Å². The van der Waals surface area contributed by atoms with Crippen molar-refractivity contribution in [3.63, 3.8) is 0 Å². The molecule has 1 fully saturated rings. The maximum absolute atomic E-state index is 12.8. The van der Waals surface area contributed by atoms with Crippen LogP contribution in [0.3, 0.4) is 0 Å². The molecule has 1 saturated heterocycles.